The standard InChI is InChI=1S/C19H24F3NO2/c1-17(2,15-5-3-4-14-7-9-25-16(14)15)12-18(24,19(20,21)22)10-13-6-8-23-11-13/h3-6,8,13,23-24H,7,9-12H2,1-2H3. The van der Waals surface area contributed by atoms with E-state index in [2.05, 4.69) is 5.32 Å². The molecule has 0 fully saturated rings. The van der Waals surface area contributed by atoms with Gasteiger partial charge in [-0.1, -0.05) is 38.1 Å². The van der Waals surface area contributed by atoms with Gasteiger partial charge in [-0.05, 0) is 35.9 Å². The largest absolute Gasteiger partial charge is 0.493 e. The van der Waals surface area contributed by atoms with Gasteiger partial charge in [0.15, 0.2) is 5.60 Å². The highest BCUT2D eigenvalue weighted by atomic mass is 19.4. The van der Waals surface area contributed by atoms with E-state index in [9.17, 15) is 18.3 Å². The molecule has 0 spiro atoms. The van der Waals surface area contributed by atoms with Crippen LogP contribution in [0.15, 0.2) is 30.5 Å². The molecule has 0 bridgehead atoms. The molecule has 2 unspecified atom stereocenters. The minimum Gasteiger partial charge on any atom is -0.493 e. The van der Waals surface area contributed by atoms with Crippen LogP contribution in [0.25, 0.3) is 0 Å². The molecule has 25 heavy (non-hydrogen) atoms. The summed E-state index contributed by atoms with van der Waals surface area (Å²) >= 11 is 0. The quantitative estimate of drug-likeness (QED) is 0.846. The number of hydrogen-bond donors (Lipinski definition) is 2. The molecule has 0 saturated heterocycles. The fourth-order valence-corrected chi connectivity index (χ4v) is 3.93. The number of nitrogens with one attached hydrogen (secondary N) is 1. The summed E-state index contributed by atoms with van der Waals surface area (Å²) < 4.78 is 46.9. The van der Waals surface area contributed by atoms with Gasteiger partial charge in [0.05, 0.1) is 6.61 Å². The average molecular weight is 355 g/mol. The number of hydrogen-bond acceptors (Lipinski definition) is 3. The lowest BCUT2D eigenvalue weighted by atomic mass is 9.72. The zero-order valence-electron chi connectivity index (χ0n) is 14.5. The number of alkyl halides is 3. The fourth-order valence-electron chi connectivity index (χ4n) is 3.93. The molecule has 2 heterocycles. The Bertz CT molecular complexity index is 669. The summed E-state index contributed by atoms with van der Waals surface area (Å²) in [7, 11) is 0. The van der Waals surface area contributed by atoms with E-state index in [-0.39, 0.29) is 12.3 Å². The number of para-hydroxylation sites is 1. The third-order valence-corrected chi connectivity index (χ3v) is 5.17. The van der Waals surface area contributed by atoms with Gasteiger partial charge in [-0.3, -0.25) is 0 Å². The minimum absolute atomic E-state index is 0.333. The maximum atomic E-state index is 13.8. The van der Waals surface area contributed by atoms with Crippen molar-refractivity contribution in [3.63, 3.8) is 0 Å². The van der Waals surface area contributed by atoms with Crippen LogP contribution in [0, 0.1) is 5.92 Å². The lowest BCUT2D eigenvalue weighted by molar-refractivity contribution is -0.271. The van der Waals surface area contributed by atoms with Crippen molar-refractivity contribution in [1.82, 2.24) is 5.32 Å². The third kappa shape index (κ3) is 3.50. The zero-order valence-corrected chi connectivity index (χ0v) is 14.5. The molecule has 2 aliphatic heterocycles. The van der Waals surface area contributed by atoms with E-state index in [1.165, 1.54) is 0 Å². The van der Waals surface area contributed by atoms with Crippen LogP contribution in [0.5, 0.6) is 5.75 Å². The van der Waals surface area contributed by atoms with Crippen molar-refractivity contribution in [2.24, 2.45) is 5.92 Å². The molecule has 0 saturated carbocycles. The first-order valence-corrected chi connectivity index (χ1v) is 8.57. The Labute approximate surface area is 145 Å². The monoisotopic (exact) mass is 355 g/mol. The number of aliphatic hydroxyl groups is 1. The van der Waals surface area contributed by atoms with Gasteiger partial charge in [-0.15, -0.1) is 0 Å². The highest BCUT2D eigenvalue weighted by Gasteiger charge is 2.56. The van der Waals surface area contributed by atoms with Crippen LogP contribution in [0.4, 0.5) is 13.2 Å². The van der Waals surface area contributed by atoms with Crippen LogP contribution >= 0.6 is 0 Å². The van der Waals surface area contributed by atoms with E-state index in [1.54, 1.807) is 32.2 Å². The summed E-state index contributed by atoms with van der Waals surface area (Å²) in [6, 6.07) is 5.59. The summed E-state index contributed by atoms with van der Waals surface area (Å²) in [6.07, 6.45) is -1.36. The molecule has 0 amide bonds. The molecular weight excluding hydrogens is 331 g/mol. The maximum absolute atomic E-state index is 13.8. The number of rotatable bonds is 5. The van der Waals surface area contributed by atoms with Gasteiger partial charge in [-0.25, -0.2) is 0 Å². The highest BCUT2D eigenvalue weighted by Crippen LogP contribution is 2.47. The molecule has 1 aromatic rings. The molecule has 2 aliphatic rings. The number of fused-ring (bicyclic) bond motifs is 1. The van der Waals surface area contributed by atoms with Gasteiger partial charge in [0.1, 0.15) is 5.75 Å². The number of ether oxygens (including phenoxy) is 1. The Kier molecular flexibility index (Phi) is 4.52. The molecule has 0 aromatic heterocycles. The van der Waals surface area contributed by atoms with Crippen molar-refractivity contribution in [2.45, 2.75) is 50.3 Å². The molecule has 138 valence electrons. The molecule has 6 heteroatoms. The Balaban J connectivity index is 1.90. The zero-order chi connectivity index (χ0) is 18.3. The summed E-state index contributed by atoms with van der Waals surface area (Å²) in [5.74, 6) is 0.347. The molecule has 3 nitrogen and oxygen atoms in total. The molecule has 3 rings (SSSR count). The molecular formula is C19H24F3NO2. The lowest BCUT2D eigenvalue weighted by Crippen LogP contribution is -2.50. The molecule has 2 N–H and O–H groups in total. The smallest absolute Gasteiger partial charge is 0.417 e. The summed E-state index contributed by atoms with van der Waals surface area (Å²) in [6.45, 7) is 4.45. The fraction of sp³-hybridized carbons (Fsp3) is 0.579. The van der Waals surface area contributed by atoms with Crippen LogP contribution in [-0.4, -0.2) is 30.0 Å². The van der Waals surface area contributed by atoms with E-state index in [0.717, 1.165) is 17.5 Å². The van der Waals surface area contributed by atoms with Crippen LogP contribution in [-0.2, 0) is 11.8 Å². The van der Waals surface area contributed by atoms with E-state index in [1.807, 2.05) is 12.1 Å². The van der Waals surface area contributed by atoms with Crippen molar-refractivity contribution in [3.8, 4) is 5.75 Å². The van der Waals surface area contributed by atoms with Gasteiger partial charge in [0, 0.05) is 18.5 Å². The minimum atomic E-state index is -4.69. The molecule has 2 atom stereocenters. The van der Waals surface area contributed by atoms with Crippen molar-refractivity contribution in [2.75, 3.05) is 13.2 Å². The molecule has 0 radical (unpaired) electrons. The Hall–Kier alpha value is -1.69. The van der Waals surface area contributed by atoms with Gasteiger partial charge >= 0.3 is 6.18 Å². The van der Waals surface area contributed by atoms with Crippen LogP contribution in [0.1, 0.15) is 37.8 Å². The number of halogens is 3. The van der Waals surface area contributed by atoms with Gasteiger partial charge in [0.2, 0.25) is 0 Å². The van der Waals surface area contributed by atoms with Gasteiger partial charge < -0.3 is 15.2 Å². The lowest BCUT2D eigenvalue weighted by Gasteiger charge is -2.39. The van der Waals surface area contributed by atoms with Gasteiger partial charge in [0.25, 0.3) is 0 Å². The van der Waals surface area contributed by atoms with Crippen LogP contribution in [0.3, 0.4) is 0 Å². The van der Waals surface area contributed by atoms with E-state index >= 15 is 0 Å². The maximum Gasteiger partial charge on any atom is 0.417 e. The summed E-state index contributed by atoms with van der Waals surface area (Å²) in [4.78, 5) is 0. The Morgan fingerprint density at radius 3 is 2.68 bits per heavy atom. The first kappa shape index (κ1) is 18.1. The van der Waals surface area contributed by atoms with Crippen molar-refractivity contribution < 1.29 is 23.0 Å². The topological polar surface area (TPSA) is 41.5 Å². The van der Waals surface area contributed by atoms with E-state index in [0.29, 0.717) is 18.9 Å². The molecule has 0 aliphatic carbocycles. The highest BCUT2D eigenvalue weighted by molar-refractivity contribution is 5.47. The van der Waals surface area contributed by atoms with E-state index < -0.39 is 23.6 Å². The first-order valence-electron chi connectivity index (χ1n) is 8.57. The Morgan fingerprint density at radius 2 is 2.04 bits per heavy atom. The second-order valence-corrected chi connectivity index (χ2v) is 7.71. The predicted molar refractivity (Wildman–Crippen MR) is 89.5 cm³/mol. The number of benzene rings is 1. The average Bonchev–Trinajstić information content (AvgIpc) is 3.15. The van der Waals surface area contributed by atoms with Crippen molar-refractivity contribution in [3.05, 3.63) is 41.6 Å². The van der Waals surface area contributed by atoms with Crippen molar-refractivity contribution in [1.29, 1.82) is 0 Å². The molecule has 1 aromatic carbocycles. The second kappa shape index (κ2) is 6.24. The van der Waals surface area contributed by atoms with Crippen LogP contribution < -0.4 is 10.1 Å². The Morgan fingerprint density at radius 1 is 1.28 bits per heavy atom. The van der Waals surface area contributed by atoms with Gasteiger partial charge in [-0.2, -0.15) is 13.2 Å². The van der Waals surface area contributed by atoms with Crippen LogP contribution in [0.2, 0.25) is 0 Å². The normalized spacial score (nSPS) is 22.2. The summed E-state index contributed by atoms with van der Waals surface area (Å²) in [5.41, 5.74) is -1.89. The SMILES string of the molecule is CC(C)(CC(O)(CC1C=CNC1)C(F)(F)F)c1cccc2c1OCC2. The predicted octanol–water partition coefficient (Wildman–Crippen LogP) is 3.71. The summed E-state index contributed by atoms with van der Waals surface area (Å²) in [5, 5.41) is 13.5. The third-order valence-electron chi connectivity index (χ3n) is 5.17. The second-order valence-electron chi connectivity index (χ2n) is 7.71. The van der Waals surface area contributed by atoms with Crippen molar-refractivity contribution >= 4 is 0 Å². The van der Waals surface area contributed by atoms with E-state index in [4.69, 9.17) is 4.74 Å². The first-order chi connectivity index (χ1) is 11.6.